The molecule has 4 rings (SSSR count). The number of ether oxygens (including phenoxy) is 1. The van der Waals surface area contributed by atoms with Gasteiger partial charge in [0.1, 0.15) is 30.3 Å². The fraction of sp³-hybridized carbons (Fsp3) is 0.455. The van der Waals surface area contributed by atoms with Crippen LogP contribution in [-0.4, -0.2) is 82.8 Å². The molecule has 1 fully saturated rings. The number of aliphatic hydroxyl groups excluding tert-OH is 2. The van der Waals surface area contributed by atoms with Gasteiger partial charge >= 0.3 is 12.2 Å². The monoisotopic (exact) mass is 510 g/mol. The van der Waals surface area contributed by atoms with E-state index in [4.69, 9.17) is 9.84 Å². The highest BCUT2D eigenvalue weighted by Gasteiger charge is 2.41. The molecule has 194 valence electrons. The first-order valence-electron chi connectivity index (χ1n) is 11.2. The summed E-state index contributed by atoms with van der Waals surface area (Å²) in [7, 11) is 0. The lowest BCUT2D eigenvalue weighted by atomic mass is 10.1. The van der Waals surface area contributed by atoms with Crippen LogP contribution in [0.1, 0.15) is 23.8 Å². The minimum absolute atomic E-state index is 0.113. The zero-order valence-electron chi connectivity index (χ0n) is 19.2. The fourth-order valence-electron chi connectivity index (χ4n) is 3.92. The number of halogens is 3. The van der Waals surface area contributed by atoms with Gasteiger partial charge in [0.15, 0.2) is 5.82 Å². The molecule has 3 atom stereocenters. The lowest BCUT2D eigenvalue weighted by Crippen LogP contribution is -2.49. The van der Waals surface area contributed by atoms with E-state index in [1.165, 1.54) is 23.1 Å². The minimum atomic E-state index is -4.61. The summed E-state index contributed by atoms with van der Waals surface area (Å²) in [5.74, 6) is -0.590. The van der Waals surface area contributed by atoms with Gasteiger partial charge in [-0.3, -0.25) is 15.0 Å². The first kappa shape index (κ1) is 25.4. The number of hydrogen-bond acceptors (Lipinski definition) is 8. The Hall–Kier alpha value is -3.65. The Morgan fingerprint density at radius 1 is 1.25 bits per heavy atom. The van der Waals surface area contributed by atoms with Gasteiger partial charge in [-0.25, -0.2) is 9.78 Å². The maximum Gasteiger partial charge on any atom is 0.408 e. The van der Waals surface area contributed by atoms with E-state index in [0.717, 1.165) is 6.92 Å². The second-order valence-corrected chi connectivity index (χ2v) is 8.47. The normalized spacial score (nSPS) is 18.3. The first-order valence-corrected chi connectivity index (χ1v) is 11.2. The molecule has 3 amide bonds. The zero-order chi connectivity index (χ0) is 26.0. The number of fused-ring (bicyclic) bond motifs is 4. The van der Waals surface area contributed by atoms with Crippen LogP contribution in [0.5, 0.6) is 5.88 Å². The van der Waals surface area contributed by atoms with Gasteiger partial charge in [-0.15, -0.1) is 0 Å². The van der Waals surface area contributed by atoms with Crippen molar-refractivity contribution >= 4 is 29.3 Å². The van der Waals surface area contributed by atoms with E-state index in [2.05, 4.69) is 15.3 Å². The average molecular weight is 510 g/mol. The number of nitrogens with zero attached hydrogens (tertiary/aromatic N) is 4. The molecule has 4 N–H and O–H groups in total. The van der Waals surface area contributed by atoms with E-state index in [1.54, 1.807) is 12.1 Å². The minimum Gasteiger partial charge on any atom is -0.475 e. The molecule has 2 bridgehead atoms. The summed E-state index contributed by atoms with van der Waals surface area (Å²) in [5, 5.41) is 22.9. The number of anilines is 3. The largest absolute Gasteiger partial charge is 0.475 e. The highest BCUT2D eigenvalue weighted by atomic mass is 19.4. The smallest absolute Gasteiger partial charge is 0.408 e. The summed E-state index contributed by atoms with van der Waals surface area (Å²) in [6.07, 6.45) is -5.06. The van der Waals surface area contributed by atoms with Gasteiger partial charge in [0.05, 0.1) is 18.3 Å². The summed E-state index contributed by atoms with van der Waals surface area (Å²) >= 11 is 0. The zero-order valence-corrected chi connectivity index (χ0v) is 19.2. The predicted octanol–water partition coefficient (Wildman–Crippen LogP) is 1.52. The molecule has 14 heteroatoms. The Bertz CT molecular complexity index is 1130. The summed E-state index contributed by atoms with van der Waals surface area (Å²) in [4.78, 5) is 37.5. The molecule has 36 heavy (non-hydrogen) atoms. The van der Waals surface area contributed by atoms with Gasteiger partial charge in [-0.05, 0) is 31.5 Å². The van der Waals surface area contributed by atoms with Crippen LogP contribution in [0.2, 0.25) is 0 Å². The van der Waals surface area contributed by atoms with Crippen LogP contribution in [0.15, 0.2) is 30.3 Å². The third-order valence-electron chi connectivity index (χ3n) is 5.83. The molecule has 1 unspecified atom stereocenters. The van der Waals surface area contributed by atoms with Crippen LogP contribution in [0, 0.1) is 0 Å². The number of pyridine rings is 2. The Labute approximate surface area is 203 Å². The highest BCUT2D eigenvalue weighted by molar-refractivity contribution is 6.05. The molecule has 1 saturated heterocycles. The quantitative estimate of drug-likeness (QED) is 0.440. The second-order valence-electron chi connectivity index (χ2n) is 8.47. The molecule has 0 radical (unpaired) electrons. The maximum absolute atomic E-state index is 13.3. The van der Waals surface area contributed by atoms with E-state index < -0.39 is 36.9 Å². The lowest BCUT2D eigenvalue weighted by Gasteiger charge is -2.35. The number of urea groups is 1. The van der Waals surface area contributed by atoms with Gasteiger partial charge in [0.25, 0.3) is 5.91 Å². The summed E-state index contributed by atoms with van der Waals surface area (Å²) in [5.41, 5.74) is 0.337. The molecular weight excluding hydrogens is 485 g/mol. The molecule has 2 aromatic heterocycles. The van der Waals surface area contributed by atoms with Crippen molar-refractivity contribution in [2.45, 2.75) is 37.7 Å². The topological polar surface area (TPSA) is 140 Å². The number of carbonyl (C=O) groups is 2. The Kier molecular flexibility index (Phi) is 7.17. The summed E-state index contributed by atoms with van der Waals surface area (Å²) in [6, 6.07) is 4.58. The molecule has 0 spiro atoms. The number of amides is 3. The van der Waals surface area contributed by atoms with E-state index in [1.807, 2.05) is 10.2 Å². The van der Waals surface area contributed by atoms with E-state index in [-0.39, 0.29) is 35.9 Å². The number of alkyl halides is 3. The van der Waals surface area contributed by atoms with Gasteiger partial charge in [-0.1, -0.05) is 6.07 Å². The number of aliphatic hydroxyl groups is 2. The van der Waals surface area contributed by atoms with Crippen molar-refractivity contribution in [3.63, 3.8) is 0 Å². The molecule has 4 heterocycles. The van der Waals surface area contributed by atoms with Gasteiger partial charge in [0.2, 0.25) is 5.88 Å². The van der Waals surface area contributed by atoms with Crippen molar-refractivity contribution in [1.29, 1.82) is 0 Å². The second kappa shape index (κ2) is 10.1. The summed E-state index contributed by atoms with van der Waals surface area (Å²) in [6.45, 7) is 1.34. The van der Waals surface area contributed by atoms with Crippen molar-refractivity contribution < 1.29 is 37.7 Å². The molecule has 0 saturated carbocycles. The summed E-state index contributed by atoms with van der Waals surface area (Å²) < 4.78 is 43.9. The van der Waals surface area contributed by atoms with Crippen LogP contribution < -0.4 is 25.2 Å². The third kappa shape index (κ3) is 5.44. The first-order chi connectivity index (χ1) is 17.1. The SMILES string of the molecule is C[C@@H](NC(=O)c1ccc2c(n1)N(C(=O)Nc1cccc(OC[C@@H](O)CO)n1)C1CCN2C1)C(F)(F)F. The van der Waals surface area contributed by atoms with Crippen LogP contribution in [-0.2, 0) is 0 Å². The standard InChI is InChI=1S/C22H25F3N6O5/c1-12(22(23,24)25)26-20(34)15-5-6-16-19(27-15)31(13-7-8-30(16)9-13)21(35)29-17-3-2-4-18(28-17)36-11-14(33)10-32/h2-6,12-14,32-33H,7-11H2,1H3,(H,26,34)(H,28,29,35)/t12-,13?,14+/m1/s1. The number of aromatic nitrogens is 2. The molecular formula is C22H25F3N6O5. The van der Waals surface area contributed by atoms with E-state index in [9.17, 15) is 27.9 Å². The number of rotatable bonds is 7. The molecule has 0 aromatic carbocycles. The van der Waals surface area contributed by atoms with Gasteiger partial charge in [0, 0.05) is 19.2 Å². The molecule has 2 aliphatic heterocycles. The molecule has 2 aliphatic rings. The van der Waals surface area contributed by atoms with Gasteiger partial charge < -0.3 is 25.2 Å². The van der Waals surface area contributed by atoms with Crippen molar-refractivity contribution in [1.82, 2.24) is 15.3 Å². The Morgan fingerprint density at radius 3 is 2.75 bits per heavy atom. The van der Waals surface area contributed by atoms with Crippen molar-refractivity contribution in [2.24, 2.45) is 0 Å². The number of nitrogens with one attached hydrogen (secondary N) is 2. The number of carbonyl (C=O) groups excluding carboxylic acids is 2. The van der Waals surface area contributed by atoms with Gasteiger partial charge in [-0.2, -0.15) is 18.2 Å². The number of hydrogen-bond donors (Lipinski definition) is 4. The van der Waals surface area contributed by atoms with Crippen LogP contribution >= 0.6 is 0 Å². The van der Waals surface area contributed by atoms with E-state index >= 15 is 0 Å². The fourth-order valence-corrected chi connectivity index (χ4v) is 3.92. The third-order valence-corrected chi connectivity index (χ3v) is 5.83. The Balaban J connectivity index is 1.55. The van der Waals surface area contributed by atoms with Crippen molar-refractivity contribution in [3.8, 4) is 5.88 Å². The average Bonchev–Trinajstić information content (AvgIpc) is 3.25. The molecule has 0 aliphatic carbocycles. The van der Waals surface area contributed by atoms with Crippen LogP contribution in [0.4, 0.5) is 35.3 Å². The molecule has 11 nitrogen and oxygen atoms in total. The van der Waals surface area contributed by atoms with Crippen LogP contribution in [0.25, 0.3) is 0 Å². The van der Waals surface area contributed by atoms with Crippen molar-refractivity contribution in [2.75, 3.05) is 41.4 Å². The highest BCUT2D eigenvalue weighted by Crippen LogP contribution is 2.39. The lowest BCUT2D eigenvalue weighted by molar-refractivity contribution is -0.149. The molecule has 2 aromatic rings. The van der Waals surface area contributed by atoms with Crippen LogP contribution in [0.3, 0.4) is 0 Å². The maximum atomic E-state index is 13.3. The van der Waals surface area contributed by atoms with E-state index in [0.29, 0.717) is 25.2 Å². The van der Waals surface area contributed by atoms with Crippen molar-refractivity contribution in [3.05, 3.63) is 36.0 Å². The predicted molar refractivity (Wildman–Crippen MR) is 122 cm³/mol. The Morgan fingerprint density at radius 2 is 2.03 bits per heavy atom.